The minimum Gasteiger partial charge on any atom is -0.302 e. The Hall–Kier alpha value is -0.0800. The van der Waals surface area contributed by atoms with Crippen LogP contribution in [0.15, 0.2) is 0 Å². The number of nitrogens with zero attached hydrogens (tertiary/aromatic N) is 2. The molecule has 0 spiro atoms. The summed E-state index contributed by atoms with van der Waals surface area (Å²) in [5, 5.41) is 0. The van der Waals surface area contributed by atoms with Crippen molar-refractivity contribution in [3.8, 4) is 0 Å². The normalized spacial score (nSPS) is 11.6. The minimum atomic E-state index is 1.26. The van der Waals surface area contributed by atoms with Gasteiger partial charge in [-0.2, -0.15) is 0 Å². The second kappa shape index (κ2) is 12.4. The molecule has 0 fully saturated rings. The molecule has 0 aliphatic rings. The van der Waals surface area contributed by atoms with Gasteiger partial charge in [-0.3, -0.25) is 0 Å². The maximum absolute atomic E-state index is 2.64. The van der Waals surface area contributed by atoms with Gasteiger partial charge in [-0.05, 0) is 51.9 Å². The van der Waals surface area contributed by atoms with E-state index in [0.717, 1.165) is 0 Å². The molecule has 0 bridgehead atoms. The van der Waals surface area contributed by atoms with E-state index in [1.165, 1.54) is 71.4 Å². The highest BCUT2D eigenvalue weighted by molar-refractivity contribution is 4.63. The Bertz CT molecular complexity index is 142. The van der Waals surface area contributed by atoms with Crippen molar-refractivity contribution in [2.24, 2.45) is 0 Å². The topological polar surface area (TPSA) is 6.48 Å². The highest BCUT2D eigenvalue weighted by Crippen LogP contribution is 2.00. The largest absolute Gasteiger partial charge is 0.302 e. The van der Waals surface area contributed by atoms with Crippen molar-refractivity contribution in [2.75, 3.05) is 39.3 Å². The van der Waals surface area contributed by atoms with E-state index in [1.54, 1.807) is 0 Å². The van der Waals surface area contributed by atoms with Crippen LogP contribution in [0, 0.1) is 0 Å². The molecular weight excluding hydrogens is 208 g/mol. The van der Waals surface area contributed by atoms with E-state index in [1.807, 2.05) is 0 Å². The van der Waals surface area contributed by atoms with E-state index in [9.17, 15) is 0 Å². The van der Waals surface area contributed by atoms with Crippen molar-refractivity contribution in [3.05, 3.63) is 0 Å². The Kier molecular flexibility index (Phi) is 12.3. The van der Waals surface area contributed by atoms with E-state index >= 15 is 0 Å². The van der Waals surface area contributed by atoms with Crippen LogP contribution in [0.5, 0.6) is 0 Å². The van der Waals surface area contributed by atoms with Gasteiger partial charge in [0.2, 0.25) is 0 Å². The monoisotopic (exact) mass is 242 g/mol. The summed E-state index contributed by atoms with van der Waals surface area (Å²) in [4.78, 5) is 5.26. The Balaban J connectivity index is 3.87. The van der Waals surface area contributed by atoms with Crippen LogP contribution in [0.4, 0.5) is 0 Å². The molecule has 0 radical (unpaired) electrons. The molecule has 0 aromatic rings. The number of hydrogen-bond donors (Lipinski definition) is 0. The molecule has 0 amide bonds. The summed E-state index contributed by atoms with van der Waals surface area (Å²) in [5.74, 6) is 0. The molecule has 0 rings (SSSR count). The van der Waals surface area contributed by atoms with E-state index in [2.05, 4.69) is 37.5 Å². The first-order valence-corrected chi connectivity index (χ1v) is 7.73. The first-order valence-electron chi connectivity index (χ1n) is 7.73. The smallest absolute Gasteiger partial charge is 0.0109 e. The van der Waals surface area contributed by atoms with Gasteiger partial charge >= 0.3 is 0 Å². The molecule has 0 saturated heterocycles. The van der Waals surface area contributed by atoms with Gasteiger partial charge in [-0.25, -0.2) is 0 Å². The molecular formula is C15H34N2. The highest BCUT2D eigenvalue weighted by Gasteiger charge is 2.07. The van der Waals surface area contributed by atoms with Crippen molar-refractivity contribution in [2.45, 2.75) is 59.8 Å². The van der Waals surface area contributed by atoms with Crippen LogP contribution in [-0.4, -0.2) is 49.1 Å². The second-order valence-electron chi connectivity index (χ2n) is 5.04. The first kappa shape index (κ1) is 16.9. The van der Waals surface area contributed by atoms with Gasteiger partial charge in [0.15, 0.2) is 0 Å². The Morgan fingerprint density at radius 1 is 0.471 bits per heavy atom. The number of unbranched alkanes of at least 4 members (excludes halogenated alkanes) is 1. The minimum absolute atomic E-state index is 1.26. The van der Waals surface area contributed by atoms with Gasteiger partial charge in [0.05, 0.1) is 0 Å². The zero-order valence-corrected chi connectivity index (χ0v) is 12.7. The van der Waals surface area contributed by atoms with E-state index in [4.69, 9.17) is 0 Å². The summed E-state index contributed by atoms with van der Waals surface area (Å²) >= 11 is 0. The van der Waals surface area contributed by atoms with Gasteiger partial charge in [-0.1, -0.05) is 34.1 Å². The molecule has 17 heavy (non-hydrogen) atoms. The fraction of sp³-hybridized carbons (Fsp3) is 1.00. The Morgan fingerprint density at radius 3 is 1.24 bits per heavy atom. The summed E-state index contributed by atoms with van der Waals surface area (Å²) < 4.78 is 0. The third-order valence-corrected chi connectivity index (χ3v) is 3.18. The predicted molar refractivity (Wildman–Crippen MR) is 78.7 cm³/mol. The lowest BCUT2D eigenvalue weighted by Crippen LogP contribution is -2.36. The summed E-state index contributed by atoms with van der Waals surface area (Å²) in [6, 6.07) is 0. The first-order chi connectivity index (χ1) is 8.28. The van der Waals surface area contributed by atoms with Gasteiger partial charge in [0, 0.05) is 13.1 Å². The molecule has 0 saturated carbocycles. The number of rotatable bonds is 12. The van der Waals surface area contributed by atoms with E-state index in [-0.39, 0.29) is 0 Å². The molecule has 0 atom stereocenters. The van der Waals surface area contributed by atoms with E-state index < -0.39 is 0 Å². The van der Waals surface area contributed by atoms with Crippen LogP contribution < -0.4 is 0 Å². The molecule has 0 aromatic heterocycles. The van der Waals surface area contributed by atoms with Crippen LogP contribution in [0.25, 0.3) is 0 Å². The van der Waals surface area contributed by atoms with Crippen LogP contribution in [-0.2, 0) is 0 Å². The molecule has 0 aliphatic carbocycles. The average molecular weight is 242 g/mol. The molecule has 0 N–H and O–H groups in total. The van der Waals surface area contributed by atoms with Gasteiger partial charge in [0.1, 0.15) is 0 Å². The van der Waals surface area contributed by atoms with Gasteiger partial charge in [0.25, 0.3) is 0 Å². The predicted octanol–water partition coefficient (Wildman–Crippen LogP) is 3.62. The Morgan fingerprint density at radius 2 is 0.882 bits per heavy atom. The molecule has 104 valence electrons. The fourth-order valence-corrected chi connectivity index (χ4v) is 2.28. The van der Waals surface area contributed by atoms with Gasteiger partial charge in [-0.15, -0.1) is 0 Å². The van der Waals surface area contributed by atoms with Crippen LogP contribution >= 0.6 is 0 Å². The molecule has 0 heterocycles. The highest BCUT2D eigenvalue weighted by atomic mass is 15.2. The quantitative estimate of drug-likeness (QED) is 0.516. The molecule has 2 nitrogen and oxygen atoms in total. The zero-order valence-electron chi connectivity index (χ0n) is 12.7. The van der Waals surface area contributed by atoms with Crippen molar-refractivity contribution in [1.82, 2.24) is 9.80 Å². The fourth-order valence-electron chi connectivity index (χ4n) is 2.28. The molecule has 0 aliphatic heterocycles. The second-order valence-corrected chi connectivity index (χ2v) is 5.04. The molecule has 0 aromatic carbocycles. The lowest BCUT2D eigenvalue weighted by molar-refractivity contribution is 0.201. The SMILES string of the molecule is CCCCN(CCC)CCN(CCC)CCC. The van der Waals surface area contributed by atoms with Crippen molar-refractivity contribution >= 4 is 0 Å². The zero-order chi connectivity index (χ0) is 12.9. The lowest BCUT2D eigenvalue weighted by Gasteiger charge is -2.27. The van der Waals surface area contributed by atoms with Crippen molar-refractivity contribution in [1.29, 1.82) is 0 Å². The summed E-state index contributed by atoms with van der Waals surface area (Å²) in [6.45, 7) is 16.7. The summed E-state index contributed by atoms with van der Waals surface area (Å²) in [6.07, 6.45) is 6.51. The maximum atomic E-state index is 2.64. The van der Waals surface area contributed by atoms with Crippen LogP contribution in [0.2, 0.25) is 0 Å². The third-order valence-electron chi connectivity index (χ3n) is 3.18. The molecule has 0 unspecified atom stereocenters. The van der Waals surface area contributed by atoms with E-state index in [0.29, 0.717) is 0 Å². The average Bonchev–Trinajstić information content (AvgIpc) is 2.33. The standard InChI is InChI=1S/C15H34N2/c1-5-9-13-17(12-8-4)15-14-16(10-6-2)11-7-3/h5-15H2,1-4H3. The number of hydrogen-bond acceptors (Lipinski definition) is 2. The summed E-state index contributed by atoms with van der Waals surface area (Å²) in [5.41, 5.74) is 0. The Labute approximate surface area is 109 Å². The molecule has 2 heteroatoms. The van der Waals surface area contributed by atoms with Crippen LogP contribution in [0.1, 0.15) is 59.8 Å². The van der Waals surface area contributed by atoms with Gasteiger partial charge < -0.3 is 9.80 Å². The van der Waals surface area contributed by atoms with Crippen molar-refractivity contribution < 1.29 is 0 Å². The maximum Gasteiger partial charge on any atom is 0.0109 e. The summed E-state index contributed by atoms with van der Waals surface area (Å²) in [7, 11) is 0. The van der Waals surface area contributed by atoms with Crippen molar-refractivity contribution in [3.63, 3.8) is 0 Å². The lowest BCUT2D eigenvalue weighted by atomic mass is 10.3. The third kappa shape index (κ3) is 9.61. The van der Waals surface area contributed by atoms with Crippen LogP contribution in [0.3, 0.4) is 0 Å².